The van der Waals surface area contributed by atoms with Gasteiger partial charge in [0.05, 0.1) is 6.61 Å². The summed E-state index contributed by atoms with van der Waals surface area (Å²) in [5.41, 5.74) is 6.84. The van der Waals surface area contributed by atoms with Crippen LogP contribution in [-0.2, 0) is 0 Å². The van der Waals surface area contributed by atoms with Crippen LogP contribution in [0.2, 0.25) is 0 Å². The van der Waals surface area contributed by atoms with Crippen molar-refractivity contribution in [1.29, 1.82) is 0 Å². The second-order valence-electron chi connectivity index (χ2n) is 4.64. The Labute approximate surface area is 119 Å². The van der Waals surface area contributed by atoms with Gasteiger partial charge in [-0.25, -0.2) is 4.98 Å². The molecule has 0 amide bonds. The first-order valence-corrected chi connectivity index (χ1v) is 6.81. The maximum Gasteiger partial charge on any atom is 0.219 e. The van der Waals surface area contributed by atoms with Gasteiger partial charge >= 0.3 is 0 Å². The average molecular weight is 272 g/mol. The zero-order chi connectivity index (χ0) is 14.4. The molecular formula is C16H20N2O2. The van der Waals surface area contributed by atoms with Gasteiger partial charge in [0.15, 0.2) is 0 Å². The number of benzene rings is 1. The van der Waals surface area contributed by atoms with Gasteiger partial charge in [-0.15, -0.1) is 0 Å². The molecule has 4 heteroatoms. The Morgan fingerprint density at radius 3 is 2.50 bits per heavy atom. The summed E-state index contributed by atoms with van der Waals surface area (Å²) in [4.78, 5) is 4.18. The summed E-state index contributed by atoms with van der Waals surface area (Å²) in [6.45, 7) is 4.73. The predicted molar refractivity (Wildman–Crippen MR) is 79.1 cm³/mol. The fraction of sp³-hybridized carbons (Fsp3) is 0.312. The molecule has 0 aliphatic heterocycles. The van der Waals surface area contributed by atoms with E-state index in [1.54, 1.807) is 6.20 Å². The highest BCUT2D eigenvalue weighted by Crippen LogP contribution is 2.24. The lowest BCUT2D eigenvalue weighted by Crippen LogP contribution is -2.05. The topological polar surface area (TPSA) is 57.4 Å². The van der Waals surface area contributed by atoms with Crippen molar-refractivity contribution in [1.82, 2.24) is 4.98 Å². The molecule has 0 aliphatic carbocycles. The molecule has 1 atom stereocenters. The van der Waals surface area contributed by atoms with Crippen LogP contribution in [0.5, 0.6) is 17.4 Å². The van der Waals surface area contributed by atoms with E-state index >= 15 is 0 Å². The molecule has 106 valence electrons. The van der Waals surface area contributed by atoms with Crippen molar-refractivity contribution in [2.45, 2.75) is 26.3 Å². The molecule has 0 radical (unpaired) electrons. The Kier molecular flexibility index (Phi) is 4.96. The Hall–Kier alpha value is -2.07. The molecule has 0 fully saturated rings. The summed E-state index contributed by atoms with van der Waals surface area (Å²) in [5.74, 6) is 2.11. The lowest BCUT2D eigenvalue weighted by molar-refractivity contribution is 0.317. The van der Waals surface area contributed by atoms with E-state index < -0.39 is 0 Å². The van der Waals surface area contributed by atoms with Crippen molar-refractivity contribution in [3.05, 3.63) is 48.2 Å². The number of rotatable bonds is 6. The van der Waals surface area contributed by atoms with E-state index in [1.807, 2.05) is 43.3 Å². The van der Waals surface area contributed by atoms with Crippen molar-refractivity contribution < 1.29 is 9.47 Å². The minimum atomic E-state index is -0.0369. The van der Waals surface area contributed by atoms with Gasteiger partial charge in [0.2, 0.25) is 5.88 Å². The molecule has 20 heavy (non-hydrogen) atoms. The fourth-order valence-corrected chi connectivity index (χ4v) is 1.71. The Balaban J connectivity index is 2.04. The van der Waals surface area contributed by atoms with Crippen molar-refractivity contribution in [3.63, 3.8) is 0 Å². The minimum absolute atomic E-state index is 0.0369. The highest BCUT2D eigenvalue weighted by atomic mass is 16.5. The summed E-state index contributed by atoms with van der Waals surface area (Å²) < 4.78 is 11.2. The number of hydrogen-bond donors (Lipinski definition) is 1. The van der Waals surface area contributed by atoms with Gasteiger partial charge in [-0.05, 0) is 49.2 Å². The molecule has 0 spiro atoms. The summed E-state index contributed by atoms with van der Waals surface area (Å²) in [7, 11) is 0. The first kappa shape index (κ1) is 14.3. The standard InChI is InChI=1S/C16H20N2O2/c1-3-10-19-14-4-6-15(7-5-14)20-16-11-13(12(2)17)8-9-18-16/h4-9,11-12H,3,10,17H2,1-2H3/t12-/m0/s1. The minimum Gasteiger partial charge on any atom is -0.494 e. The summed E-state index contributed by atoms with van der Waals surface area (Å²) >= 11 is 0. The lowest BCUT2D eigenvalue weighted by atomic mass is 10.1. The summed E-state index contributed by atoms with van der Waals surface area (Å²) in [5, 5.41) is 0. The zero-order valence-corrected chi connectivity index (χ0v) is 11.9. The van der Waals surface area contributed by atoms with Crippen molar-refractivity contribution in [2.24, 2.45) is 5.73 Å². The largest absolute Gasteiger partial charge is 0.494 e. The van der Waals surface area contributed by atoms with Gasteiger partial charge in [-0.1, -0.05) is 6.92 Å². The van der Waals surface area contributed by atoms with Crippen molar-refractivity contribution in [2.75, 3.05) is 6.61 Å². The van der Waals surface area contributed by atoms with E-state index in [0.717, 1.165) is 30.1 Å². The maximum absolute atomic E-state index is 5.84. The number of nitrogens with two attached hydrogens (primary N) is 1. The van der Waals surface area contributed by atoms with Crippen LogP contribution in [0, 0.1) is 0 Å². The van der Waals surface area contributed by atoms with Crippen molar-refractivity contribution >= 4 is 0 Å². The summed E-state index contributed by atoms with van der Waals surface area (Å²) in [6, 6.07) is 11.2. The molecule has 4 nitrogen and oxygen atoms in total. The number of nitrogens with zero attached hydrogens (tertiary/aromatic N) is 1. The quantitative estimate of drug-likeness (QED) is 0.871. The van der Waals surface area contributed by atoms with Gasteiger partial charge < -0.3 is 15.2 Å². The molecule has 0 aliphatic rings. The van der Waals surface area contributed by atoms with Crippen LogP contribution in [0.3, 0.4) is 0 Å². The fourth-order valence-electron chi connectivity index (χ4n) is 1.71. The molecule has 0 unspecified atom stereocenters. The molecule has 0 bridgehead atoms. The van der Waals surface area contributed by atoms with Crippen LogP contribution in [-0.4, -0.2) is 11.6 Å². The van der Waals surface area contributed by atoms with Crippen LogP contribution < -0.4 is 15.2 Å². The molecule has 0 saturated heterocycles. The Morgan fingerprint density at radius 2 is 1.85 bits per heavy atom. The van der Waals surface area contributed by atoms with E-state index in [0.29, 0.717) is 5.88 Å². The van der Waals surface area contributed by atoms with Gasteiger partial charge in [-0.3, -0.25) is 0 Å². The number of aromatic nitrogens is 1. The van der Waals surface area contributed by atoms with Crippen LogP contribution in [0.15, 0.2) is 42.6 Å². The number of hydrogen-bond acceptors (Lipinski definition) is 4. The number of ether oxygens (including phenoxy) is 2. The van der Waals surface area contributed by atoms with E-state index in [1.165, 1.54) is 0 Å². The molecule has 1 aromatic carbocycles. The Morgan fingerprint density at radius 1 is 1.15 bits per heavy atom. The highest BCUT2D eigenvalue weighted by molar-refractivity contribution is 5.34. The first-order valence-electron chi connectivity index (χ1n) is 6.81. The molecular weight excluding hydrogens is 252 g/mol. The zero-order valence-electron chi connectivity index (χ0n) is 11.9. The lowest BCUT2D eigenvalue weighted by Gasteiger charge is -2.09. The van der Waals surface area contributed by atoms with E-state index in [9.17, 15) is 0 Å². The van der Waals surface area contributed by atoms with Crippen LogP contribution >= 0.6 is 0 Å². The third-order valence-electron chi connectivity index (χ3n) is 2.80. The smallest absolute Gasteiger partial charge is 0.219 e. The Bertz CT molecular complexity index is 538. The molecule has 0 saturated carbocycles. The van der Waals surface area contributed by atoms with E-state index in [-0.39, 0.29) is 6.04 Å². The number of pyridine rings is 1. The second-order valence-corrected chi connectivity index (χ2v) is 4.64. The third kappa shape index (κ3) is 3.96. The maximum atomic E-state index is 5.84. The molecule has 1 aromatic heterocycles. The monoisotopic (exact) mass is 272 g/mol. The first-order chi connectivity index (χ1) is 9.69. The normalized spacial score (nSPS) is 11.9. The SMILES string of the molecule is CCCOc1ccc(Oc2cc([C@H](C)N)ccn2)cc1. The molecule has 1 heterocycles. The second kappa shape index (κ2) is 6.91. The van der Waals surface area contributed by atoms with Crippen LogP contribution in [0.1, 0.15) is 31.9 Å². The molecule has 2 rings (SSSR count). The van der Waals surface area contributed by atoms with E-state index in [4.69, 9.17) is 15.2 Å². The van der Waals surface area contributed by atoms with Gasteiger partial charge in [0.1, 0.15) is 11.5 Å². The highest BCUT2D eigenvalue weighted by Gasteiger charge is 2.04. The predicted octanol–water partition coefficient (Wildman–Crippen LogP) is 3.68. The van der Waals surface area contributed by atoms with Gasteiger partial charge in [-0.2, -0.15) is 0 Å². The molecule has 2 N–H and O–H groups in total. The van der Waals surface area contributed by atoms with Crippen molar-refractivity contribution in [3.8, 4) is 17.4 Å². The van der Waals surface area contributed by atoms with E-state index in [2.05, 4.69) is 11.9 Å². The van der Waals surface area contributed by atoms with Crippen LogP contribution in [0.25, 0.3) is 0 Å². The summed E-state index contributed by atoms with van der Waals surface area (Å²) in [6.07, 6.45) is 2.69. The molecule has 2 aromatic rings. The van der Waals surface area contributed by atoms with Crippen LogP contribution in [0.4, 0.5) is 0 Å². The third-order valence-corrected chi connectivity index (χ3v) is 2.80. The van der Waals surface area contributed by atoms with Gasteiger partial charge in [0.25, 0.3) is 0 Å². The van der Waals surface area contributed by atoms with Gasteiger partial charge in [0, 0.05) is 18.3 Å². The average Bonchev–Trinajstić information content (AvgIpc) is 2.47.